The predicted molar refractivity (Wildman–Crippen MR) is 142 cm³/mol. The van der Waals surface area contributed by atoms with Crippen LogP contribution in [-0.2, 0) is 19.6 Å². The van der Waals surface area contributed by atoms with Crippen molar-refractivity contribution in [3.05, 3.63) is 89.5 Å². The molecule has 0 amide bonds. The molecular weight excluding hydrogens is 478 g/mol. The number of nitrogens with zero attached hydrogens (tertiary/aromatic N) is 3. The van der Waals surface area contributed by atoms with E-state index < -0.39 is 14.3 Å². The predicted octanol–water partition coefficient (Wildman–Crippen LogP) is 2.01. The van der Waals surface area contributed by atoms with E-state index in [9.17, 15) is 0 Å². The van der Waals surface area contributed by atoms with Gasteiger partial charge in [-0.05, 0) is 0 Å². The van der Waals surface area contributed by atoms with E-state index in [0.29, 0.717) is 0 Å². The molecule has 32 heavy (non-hydrogen) atoms. The summed E-state index contributed by atoms with van der Waals surface area (Å²) < 4.78 is 4.69. The fraction of sp³-hybridized carbons (Fsp3) is 0.333. The molecule has 0 atom stereocenters. The van der Waals surface area contributed by atoms with Crippen molar-refractivity contribution >= 4 is 78.9 Å². The first-order valence-electron chi connectivity index (χ1n) is 10.9. The van der Waals surface area contributed by atoms with E-state index >= 15 is 0 Å². The molecule has 2 radical (unpaired) electrons. The van der Waals surface area contributed by atoms with E-state index in [1.807, 2.05) is 0 Å². The monoisotopic (exact) mass is 515 g/mol. The summed E-state index contributed by atoms with van der Waals surface area (Å²) in [6, 6.07) is 27.4. The van der Waals surface area contributed by atoms with Crippen LogP contribution >= 0.6 is 0 Å². The molecule has 0 aromatic heterocycles. The molecule has 0 N–H and O–H groups in total. The second kappa shape index (κ2) is 13.6. The van der Waals surface area contributed by atoms with Crippen molar-refractivity contribution in [3.63, 3.8) is 0 Å². The molecule has 3 aromatic carbocycles. The second-order valence-electron chi connectivity index (χ2n) is 9.06. The van der Waals surface area contributed by atoms with Crippen molar-refractivity contribution in [2.45, 2.75) is 19.6 Å². The molecule has 0 spiro atoms. The molecule has 0 saturated heterocycles. The third-order valence-electron chi connectivity index (χ3n) is 5.32. The van der Waals surface area contributed by atoms with Crippen LogP contribution in [0.3, 0.4) is 0 Å². The molecule has 0 aliphatic carbocycles. The Hall–Kier alpha value is -0.281. The molecule has 0 bridgehead atoms. The van der Waals surface area contributed by atoms with Crippen LogP contribution in [0.15, 0.2) is 72.8 Å². The molecular formula is C27H36GeKN3. The number of hydrogen-bond donors (Lipinski definition) is 0. The first kappa shape index (κ1) is 28.0. The van der Waals surface area contributed by atoms with Gasteiger partial charge in [0, 0.05) is 51.4 Å². The normalized spacial score (nSPS) is 11.4. The average Bonchev–Trinajstić information content (AvgIpc) is 2.70. The molecule has 0 fully saturated rings. The van der Waals surface area contributed by atoms with Crippen molar-refractivity contribution < 1.29 is 0 Å². The summed E-state index contributed by atoms with van der Waals surface area (Å²) in [5, 5.41) is 0. The van der Waals surface area contributed by atoms with Gasteiger partial charge in [-0.1, -0.05) is 0 Å². The van der Waals surface area contributed by atoms with Crippen molar-refractivity contribution in [1.29, 1.82) is 0 Å². The molecule has 3 nitrogen and oxygen atoms in total. The Morgan fingerprint density at radius 1 is 0.469 bits per heavy atom. The van der Waals surface area contributed by atoms with E-state index in [4.69, 9.17) is 0 Å². The minimum Gasteiger partial charge on any atom is 0 e. The summed E-state index contributed by atoms with van der Waals surface area (Å²) in [5.41, 5.74) is 4.38. The molecule has 0 aliphatic rings. The minimum absolute atomic E-state index is 0. The van der Waals surface area contributed by atoms with Gasteiger partial charge in [-0.15, -0.1) is 0 Å². The summed E-state index contributed by atoms with van der Waals surface area (Å²) in [5.74, 6) is 0. The Kier molecular flexibility index (Phi) is 11.9. The molecule has 0 heterocycles. The Labute approximate surface area is 242 Å². The largest absolute Gasteiger partial charge is 0 e. The van der Waals surface area contributed by atoms with Gasteiger partial charge in [-0.25, -0.2) is 0 Å². The van der Waals surface area contributed by atoms with E-state index in [1.54, 1.807) is 13.2 Å². The van der Waals surface area contributed by atoms with E-state index in [-0.39, 0.29) is 51.4 Å². The van der Waals surface area contributed by atoms with Gasteiger partial charge < -0.3 is 0 Å². The minimum atomic E-state index is -2.06. The van der Waals surface area contributed by atoms with Gasteiger partial charge in [0.05, 0.1) is 0 Å². The van der Waals surface area contributed by atoms with Crippen LogP contribution in [0.25, 0.3) is 0 Å². The molecule has 3 aromatic rings. The Balaban J connectivity index is 0.00000363. The SMILES string of the molecule is CN(C)Cc1cccc[c]1[Ge]([c]1ccccc1CN(C)C)[c]1ccccc1CN(C)C.[K]. The Morgan fingerprint density at radius 3 is 0.969 bits per heavy atom. The first-order valence-corrected chi connectivity index (χ1v) is 14.1. The van der Waals surface area contributed by atoms with Gasteiger partial charge >= 0.3 is 194 Å². The summed E-state index contributed by atoms with van der Waals surface area (Å²) in [6.45, 7) is 2.91. The molecule has 5 heteroatoms. The smallest absolute Gasteiger partial charge is 0 e. The van der Waals surface area contributed by atoms with Gasteiger partial charge in [-0.2, -0.15) is 0 Å². The number of benzene rings is 3. The van der Waals surface area contributed by atoms with Crippen molar-refractivity contribution in [2.75, 3.05) is 42.3 Å². The zero-order valence-corrected chi connectivity index (χ0v) is 26.1. The van der Waals surface area contributed by atoms with Crippen molar-refractivity contribution in [3.8, 4) is 0 Å². The van der Waals surface area contributed by atoms with Crippen LogP contribution in [-0.4, -0.2) is 123 Å². The van der Waals surface area contributed by atoms with E-state index in [1.165, 1.54) is 16.7 Å². The average molecular weight is 514 g/mol. The molecule has 3 rings (SSSR count). The number of rotatable bonds is 9. The van der Waals surface area contributed by atoms with Crippen LogP contribution < -0.4 is 13.2 Å². The molecule has 164 valence electrons. The topological polar surface area (TPSA) is 9.72 Å². The maximum atomic E-state index is 2.40. The van der Waals surface area contributed by atoms with Crippen LogP contribution in [0.5, 0.6) is 0 Å². The first-order chi connectivity index (χ1) is 14.9. The molecule has 0 saturated carbocycles. The van der Waals surface area contributed by atoms with E-state index in [0.717, 1.165) is 19.6 Å². The number of hydrogen-bond acceptors (Lipinski definition) is 3. The standard InChI is InChI=1S/C27H36GeN3.K/c1-29(2)19-22-13-7-10-16-25(22)28(26-17-11-8-14-23(26)20-30(3)4)27-18-12-9-15-24(27)21-31(5)6;/h7-18H,19-21H2,1-6H3;. The van der Waals surface area contributed by atoms with Gasteiger partial charge in [0.15, 0.2) is 0 Å². The summed E-state index contributed by atoms with van der Waals surface area (Å²) in [6.07, 6.45) is 0. The zero-order chi connectivity index (χ0) is 22.4. The fourth-order valence-electron chi connectivity index (χ4n) is 4.16. The fourth-order valence-corrected chi connectivity index (χ4v) is 10.7. The summed E-state index contributed by atoms with van der Waals surface area (Å²) >= 11 is -2.06. The third-order valence-corrected chi connectivity index (χ3v) is 11.8. The molecule has 0 unspecified atom stereocenters. The van der Waals surface area contributed by atoms with Gasteiger partial charge in [0.25, 0.3) is 0 Å². The van der Waals surface area contributed by atoms with Gasteiger partial charge in [-0.3, -0.25) is 0 Å². The van der Waals surface area contributed by atoms with Crippen molar-refractivity contribution in [1.82, 2.24) is 14.7 Å². The van der Waals surface area contributed by atoms with E-state index in [2.05, 4.69) is 130 Å². The maximum absolute atomic E-state index is 2.40. The molecule has 0 aliphatic heterocycles. The van der Waals surface area contributed by atoms with Gasteiger partial charge in [0.1, 0.15) is 0 Å². The Morgan fingerprint density at radius 2 is 0.719 bits per heavy atom. The zero-order valence-electron chi connectivity index (χ0n) is 20.9. The Bertz CT molecular complexity index is 861. The second-order valence-corrected chi connectivity index (χ2v) is 14.0. The third kappa shape index (κ3) is 7.62. The van der Waals surface area contributed by atoms with Gasteiger partial charge in [0.2, 0.25) is 0 Å². The summed E-state index contributed by atoms with van der Waals surface area (Å²) in [4.78, 5) is 6.85. The van der Waals surface area contributed by atoms with Crippen LogP contribution in [0.4, 0.5) is 0 Å². The van der Waals surface area contributed by atoms with Crippen LogP contribution in [0.1, 0.15) is 16.7 Å². The van der Waals surface area contributed by atoms with Crippen molar-refractivity contribution in [2.24, 2.45) is 0 Å². The summed E-state index contributed by atoms with van der Waals surface area (Å²) in [7, 11) is 13.0. The quantitative estimate of drug-likeness (QED) is 0.405. The maximum Gasteiger partial charge on any atom is 0 e. The van der Waals surface area contributed by atoms with Crippen LogP contribution in [0, 0.1) is 0 Å². The van der Waals surface area contributed by atoms with Crippen LogP contribution in [0.2, 0.25) is 0 Å².